The van der Waals surface area contributed by atoms with Gasteiger partial charge in [0, 0.05) is 9.79 Å². The zero-order valence-electron chi connectivity index (χ0n) is 11.0. The topological polar surface area (TPSA) is 80.3 Å². The maximum Gasteiger partial charge on any atom is 0.0251 e. The predicted molar refractivity (Wildman–Crippen MR) is 83.0 cm³/mol. The molecule has 2 rings (SSSR count). The highest BCUT2D eigenvalue weighted by atomic mass is 32.2. The third-order valence-corrected chi connectivity index (χ3v) is 5.43. The highest BCUT2D eigenvalue weighted by Gasteiger charge is 1.99. The Morgan fingerprint density at radius 2 is 1.24 bits per heavy atom. The van der Waals surface area contributed by atoms with Gasteiger partial charge in [-0.1, -0.05) is 24.3 Å². The zero-order chi connectivity index (χ0) is 15.2. The molecule has 0 amide bonds. The first-order chi connectivity index (χ1) is 10.1. The fourth-order valence-electron chi connectivity index (χ4n) is 1.87. The second-order valence-electron chi connectivity index (χ2n) is 4.37. The van der Waals surface area contributed by atoms with Crippen molar-refractivity contribution in [2.45, 2.75) is 22.1 Å². The molecule has 0 N–H and O–H groups in total. The lowest BCUT2D eigenvalue weighted by Crippen LogP contribution is -1.91. The Kier molecular flexibility index (Phi) is 6.21. The molecule has 0 saturated heterocycles. The summed E-state index contributed by atoms with van der Waals surface area (Å²) in [5.41, 5.74) is 1.94. The van der Waals surface area contributed by atoms with Crippen LogP contribution in [0.4, 0.5) is 0 Å². The molecule has 0 heterocycles. The Morgan fingerprint density at radius 1 is 0.810 bits per heavy atom. The van der Waals surface area contributed by atoms with Crippen LogP contribution in [0.25, 0.3) is 0 Å². The summed E-state index contributed by atoms with van der Waals surface area (Å²) in [6.07, 6.45) is 1.55. The van der Waals surface area contributed by atoms with Gasteiger partial charge in [0.2, 0.25) is 0 Å². The van der Waals surface area contributed by atoms with Crippen molar-refractivity contribution < 1.29 is 17.5 Å². The summed E-state index contributed by atoms with van der Waals surface area (Å²) in [5, 5.41) is 0. The highest BCUT2D eigenvalue weighted by molar-refractivity contribution is 7.79. The SMILES string of the molecule is O=S([O-])c1cccc(CPCc2cccc(S(=O)[O-])c2)c1. The van der Waals surface area contributed by atoms with E-state index in [0.717, 1.165) is 23.5 Å². The number of benzene rings is 2. The van der Waals surface area contributed by atoms with Crippen molar-refractivity contribution in [2.75, 3.05) is 0 Å². The molecule has 0 aliphatic heterocycles. The second kappa shape index (κ2) is 7.92. The fraction of sp³-hybridized carbons (Fsp3) is 0.143. The van der Waals surface area contributed by atoms with Gasteiger partial charge in [-0.05, 0) is 69.9 Å². The van der Waals surface area contributed by atoms with Crippen molar-refractivity contribution in [2.24, 2.45) is 0 Å². The maximum absolute atomic E-state index is 10.9. The van der Waals surface area contributed by atoms with Crippen LogP contribution in [-0.2, 0) is 34.5 Å². The molecule has 0 bridgehead atoms. The molecule has 2 unspecified atom stereocenters. The minimum atomic E-state index is -2.20. The third-order valence-electron chi connectivity index (χ3n) is 2.84. The lowest BCUT2D eigenvalue weighted by atomic mass is 10.2. The largest absolute Gasteiger partial charge is 0.768 e. The molecular formula is C14H13O4PS2-2. The quantitative estimate of drug-likeness (QED) is 0.598. The summed E-state index contributed by atoms with van der Waals surface area (Å²) < 4.78 is 43.6. The maximum atomic E-state index is 10.9. The van der Waals surface area contributed by atoms with Crippen LogP contribution >= 0.6 is 8.58 Å². The van der Waals surface area contributed by atoms with E-state index in [1.807, 2.05) is 12.1 Å². The number of hydrogen-bond acceptors (Lipinski definition) is 4. The standard InChI is InChI=1S/C14H15O4PS2/c15-20(16)13-5-1-3-11(7-13)9-19-10-12-4-2-6-14(8-12)21(17)18/h1-8,19H,9-10H2,(H,15,16)(H,17,18)/p-2. The van der Waals surface area contributed by atoms with E-state index in [2.05, 4.69) is 0 Å². The molecule has 0 aromatic heterocycles. The predicted octanol–water partition coefficient (Wildman–Crippen LogP) is 2.54. The minimum absolute atomic E-state index is 0.293. The fourth-order valence-corrected chi connectivity index (χ4v) is 3.89. The molecule has 2 aromatic rings. The smallest absolute Gasteiger partial charge is 0.0251 e. The first-order valence-corrected chi connectivity index (χ1v) is 9.70. The molecule has 4 nitrogen and oxygen atoms in total. The van der Waals surface area contributed by atoms with Crippen molar-refractivity contribution in [3.63, 3.8) is 0 Å². The van der Waals surface area contributed by atoms with E-state index >= 15 is 0 Å². The van der Waals surface area contributed by atoms with Crippen molar-refractivity contribution >= 4 is 30.7 Å². The molecule has 21 heavy (non-hydrogen) atoms. The highest BCUT2D eigenvalue weighted by Crippen LogP contribution is 2.25. The van der Waals surface area contributed by atoms with Crippen molar-refractivity contribution in [1.82, 2.24) is 0 Å². The van der Waals surface area contributed by atoms with E-state index in [9.17, 15) is 17.5 Å². The van der Waals surface area contributed by atoms with Crippen LogP contribution in [-0.4, -0.2) is 17.5 Å². The normalized spacial score (nSPS) is 14.4. The van der Waals surface area contributed by atoms with Gasteiger partial charge in [-0.25, -0.2) is 0 Å². The van der Waals surface area contributed by atoms with Gasteiger partial charge < -0.3 is 9.11 Å². The molecule has 112 valence electrons. The Labute approximate surface area is 130 Å². The molecule has 2 atom stereocenters. The van der Waals surface area contributed by atoms with Crippen LogP contribution in [0.3, 0.4) is 0 Å². The molecule has 0 spiro atoms. The summed E-state index contributed by atoms with van der Waals surface area (Å²) in [7, 11) is 0.565. The molecule has 0 aliphatic rings. The number of hydrogen-bond donors (Lipinski definition) is 0. The Morgan fingerprint density at radius 3 is 1.62 bits per heavy atom. The van der Waals surface area contributed by atoms with Crippen LogP contribution in [0.2, 0.25) is 0 Å². The van der Waals surface area contributed by atoms with Gasteiger partial charge in [0.1, 0.15) is 0 Å². The van der Waals surface area contributed by atoms with Gasteiger partial charge in [0.05, 0.1) is 0 Å². The van der Waals surface area contributed by atoms with E-state index in [1.165, 1.54) is 0 Å². The summed E-state index contributed by atoms with van der Waals surface area (Å²) >= 11 is -4.41. The summed E-state index contributed by atoms with van der Waals surface area (Å²) in [6, 6.07) is 13.7. The Hall–Kier alpha value is -0.910. The van der Waals surface area contributed by atoms with Gasteiger partial charge in [0.15, 0.2) is 0 Å². The van der Waals surface area contributed by atoms with Crippen molar-refractivity contribution in [3.05, 3.63) is 59.7 Å². The average Bonchev–Trinajstić information content (AvgIpc) is 2.48. The van der Waals surface area contributed by atoms with Gasteiger partial charge in [-0.2, -0.15) is 0 Å². The summed E-state index contributed by atoms with van der Waals surface area (Å²) in [6.45, 7) is 0. The summed E-state index contributed by atoms with van der Waals surface area (Å²) in [4.78, 5) is 0.585. The van der Waals surface area contributed by atoms with Crippen molar-refractivity contribution in [3.8, 4) is 0 Å². The van der Waals surface area contributed by atoms with Crippen LogP contribution in [0.1, 0.15) is 11.1 Å². The second-order valence-corrected chi connectivity index (χ2v) is 7.46. The van der Waals surface area contributed by atoms with Crippen LogP contribution in [0.15, 0.2) is 58.3 Å². The van der Waals surface area contributed by atoms with E-state index in [-0.39, 0.29) is 0 Å². The average molecular weight is 340 g/mol. The lowest BCUT2D eigenvalue weighted by molar-refractivity contribution is 0.535. The van der Waals surface area contributed by atoms with E-state index in [4.69, 9.17) is 0 Å². The van der Waals surface area contributed by atoms with E-state index < -0.39 is 22.2 Å². The molecule has 7 heteroatoms. The monoisotopic (exact) mass is 340 g/mol. The van der Waals surface area contributed by atoms with Crippen LogP contribution in [0.5, 0.6) is 0 Å². The Bertz CT molecular complexity index is 618. The van der Waals surface area contributed by atoms with Gasteiger partial charge in [0.25, 0.3) is 0 Å². The first-order valence-electron chi connectivity index (χ1n) is 6.13. The molecule has 2 aromatic carbocycles. The van der Waals surface area contributed by atoms with Gasteiger partial charge >= 0.3 is 0 Å². The molecule has 0 aliphatic carbocycles. The van der Waals surface area contributed by atoms with E-state index in [0.29, 0.717) is 18.4 Å². The minimum Gasteiger partial charge on any atom is -0.768 e. The number of rotatable bonds is 6. The molecule has 0 radical (unpaired) electrons. The van der Waals surface area contributed by atoms with Gasteiger partial charge in [-0.3, -0.25) is 8.42 Å². The third kappa shape index (κ3) is 5.09. The lowest BCUT2D eigenvalue weighted by Gasteiger charge is -2.09. The van der Waals surface area contributed by atoms with Crippen LogP contribution in [0, 0.1) is 0 Å². The Balaban J connectivity index is 1.95. The van der Waals surface area contributed by atoms with Crippen LogP contribution < -0.4 is 0 Å². The zero-order valence-corrected chi connectivity index (χ0v) is 13.6. The van der Waals surface area contributed by atoms with Crippen molar-refractivity contribution in [1.29, 1.82) is 0 Å². The molecule has 0 saturated carbocycles. The molecular weight excluding hydrogens is 327 g/mol. The van der Waals surface area contributed by atoms with E-state index in [1.54, 1.807) is 36.4 Å². The van der Waals surface area contributed by atoms with Gasteiger partial charge in [-0.15, -0.1) is 8.58 Å². The molecule has 0 fully saturated rings. The summed E-state index contributed by atoms with van der Waals surface area (Å²) in [5.74, 6) is 0. The first kappa shape index (κ1) is 16.5.